The van der Waals surface area contributed by atoms with Gasteiger partial charge in [0.2, 0.25) is 0 Å². The van der Waals surface area contributed by atoms with Crippen LogP contribution in [0.1, 0.15) is 47.9 Å². The van der Waals surface area contributed by atoms with E-state index in [9.17, 15) is 18.0 Å². The van der Waals surface area contributed by atoms with Gasteiger partial charge in [-0.1, -0.05) is 0 Å². The quantitative estimate of drug-likeness (QED) is 0.922. The summed E-state index contributed by atoms with van der Waals surface area (Å²) < 4.78 is 44.9. The van der Waals surface area contributed by atoms with Gasteiger partial charge in [0.15, 0.2) is 11.4 Å². The van der Waals surface area contributed by atoms with Crippen LogP contribution in [0.15, 0.2) is 0 Å². The number of alkyl halides is 3. The molecule has 2 rings (SSSR count). The molecular weight excluding hydrogens is 265 g/mol. The highest BCUT2D eigenvalue weighted by atomic mass is 19.4. The van der Waals surface area contributed by atoms with Crippen molar-refractivity contribution in [3.63, 3.8) is 0 Å². The first-order chi connectivity index (χ1) is 8.86. The lowest BCUT2D eigenvalue weighted by atomic mass is 10.1. The molecule has 0 bridgehead atoms. The Morgan fingerprint density at radius 2 is 2.26 bits per heavy atom. The van der Waals surface area contributed by atoms with E-state index in [1.54, 1.807) is 6.92 Å². The van der Waals surface area contributed by atoms with Crippen LogP contribution in [0.25, 0.3) is 0 Å². The summed E-state index contributed by atoms with van der Waals surface area (Å²) in [5.74, 6) is -1.57. The number of carboxylic acids is 1. The standard InChI is InChI=1S/C11H13F3N2O3/c1-2-19-6-4-3-5-16-7(10(17)18)8(11(12,13)14)15-9(6)16/h6H,2-5H2,1H3,(H,17,18). The molecule has 1 N–H and O–H groups in total. The van der Waals surface area contributed by atoms with Crippen LogP contribution in [0.4, 0.5) is 13.2 Å². The van der Waals surface area contributed by atoms with Gasteiger partial charge >= 0.3 is 12.1 Å². The van der Waals surface area contributed by atoms with Crippen LogP contribution in [-0.4, -0.2) is 27.2 Å². The summed E-state index contributed by atoms with van der Waals surface area (Å²) >= 11 is 0. The Labute approximate surface area is 107 Å². The maximum Gasteiger partial charge on any atom is 0.435 e. The first kappa shape index (κ1) is 13.9. The van der Waals surface area contributed by atoms with Crippen molar-refractivity contribution in [2.24, 2.45) is 0 Å². The minimum atomic E-state index is -4.78. The highest BCUT2D eigenvalue weighted by molar-refractivity contribution is 5.87. The minimum absolute atomic E-state index is 0.0535. The number of aromatic carboxylic acids is 1. The number of imidazole rings is 1. The minimum Gasteiger partial charge on any atom is -0.477 e. The Bertz CT molecular complexity index is 496. The maximum absolute atomic E-state index is 12.8. The summed E-state index contributed by atoms with van der Waals surface area (Å²) in [5, 5.41) is 8.99. The van der Waals surface area contributed by atoms with Crippen molar-refractivity contribution in [3.8, 4) is 0 Å². The van der Waals surface area contributed by atoms with Gasteiger partial charge in [0.1, 0.15) is 11.9 Å². The van der Waals surface area contributed by atoms with E-state index in [-0.39, 0.29) is 12.4 Å². The molecule has 1 aromatic heterocycles. The highest BCUT2D eigenvalue weighted by Gasteiger charge is 2.43. The predicted molar refractivity (Wildman–Crippen MR) is 57.8 cm³/mol. The third kappa shape index (κ3) is 2.44. The summed E-state index contributed by atoms with van der Waals surface area (Å²) in [6.07, 6.45) is -4.25. The maximum atomic E-state index is 12.8. The molecular formula is C11H13F3N2O3. The van der Waals surface area contributed by atoms with Crippen LogP contribution in [0.2, 0.25) is 0 Å². The van der Waals surface area contributed by atoms with Crippen LogP contribution in [0.3, 0.4) is 0 Å². The van der Waals surface area contributed by atoms with Gasteiger partial charge in [0, 0.05) is 13.2 Å². The Kier molecular flexibility index (Phi) is 3.53. The van der Waals surface area contributed by atoms with Crippen molar-refractivity contribution in [3.05, 3.63) is 17.2 Å². The molecule has 0 amide bonds. The van der Waals surface area contributed by atoms with Crippen molar-refractivity contribution in [1.82, 2.24) is 9.55 Å². The third-order valence-electron chi connectivity index (χ3n) is 2.97. The molecule has 106 valence electrons. The van der Waals surface area contributed by atoms with Gasteiger partial charge in [-0.2, -0.15) is 13.2 Å². The molecule has 5 nitrogen and oxygen atoms in total. The van der Waals surface area contributed by atoms with Crippen LogP contribution < -0.4 is 0 Å². The fraction of sp³-hybridized carbons (Fsp3) is 0.636. The van der Waals surface area contributed by atoms with Crippen LogP contribution in [0.5, 0.6) is 0 Å². The van der Waals surface area contributed by atoms with E-state index in [2.05, 4.69) is 4.98 Å². The molecule has 1 aromatic rings. The Morgan fingerprint density at radius 3 is 2.79 bits per heavy atom. The topological polar surface area (TPSA) is 64.4 Å². The van der Waals surface area contributed by atoms with E-state index in [0.29, 0.717) is 19.4 Å². The highest BCUT2D eigenvalue weighted by Crippen LogP contribution is 2.36. The van der Waals surface area contributed by atoms with Crippen LogP contribution >= 0.6 is 0 Å². The van der Waals surface area contributed by atoms with Gasteiger partial charge in [-0.15, -0.1) is 0 Å². The number of ether oxygens (including phenoxy) is 1. The first-order valence-corrected chi connectivity index (χ1v) is 5.88. The Hall–Kier alpha value is -1.57. The molecule has 8 heteroatoms. The predicted octanol–water partition coefficient (Wildman–Crippen LogP) is 2.47. The largest absolute Gasteiger partial charge is 0.477 e. The zero-order chi connectivity index (χ0) is 14.2. The van der Waals surface area contributed by atoms with E-state index in [0.717, 1.165) is 4.57 Å². The van der Waals surface area contributed by atoms with Gasteiger partial charge in [0.25, 0.3) is 0 Å². The molecule has 0 saturated carbocycles. The molecule has 1 unspecified atom stereocenters. The first-order valence-electron chi connectivity index (χ1n) is 5.88. The fourth-order valence-electron chi connectivity index (χ4n) is 2.28. The second-order valence-corrected chi connectivity index (χ2v) is 4.21. The number of rotatable bonds is 3. The molecule has 2 heterocycles. The van der Waals surface area contributed by atoms with Crippen molar-refractivity contribution < 1.29 is 27.8 Å². The molecule has 1 aliphatic rings. The molecule has 1 atom stereocenters. The monoisotopic (exact) mass is 278 g/mol. The molecule has 19 heavy (non-hydrogen) atoms. The number of hydrogen-bond donors (Lipinski definition) is 1. The SMILES string of the molecule is CCOC1CCCn2c1nc(C(F)(F)F)c2C(=O)O. The van der Waals surface area contributed by atoms with Crippen molar-refractivity contribution >= 4 is 5.97 Å². The zero-order valence-electron chi connectivity index (χ0n) is 10.2. The molecule has 0 spiro atoms. The van der Waals surface area contributed by atoms with Gasteiger partial charge in [-0.3, -0.25) is 0 Å². The lowest BCUT2D eigenvalue weighted by Gasteiger charge is -2.23. The average molecular weight is 278 g/mol. The Balaban J connectivity index is 2.56. The average Bonchev–Trinajstić information content (AvgIpc) is 2.69. The van der Waals surface area contributed by atoms with Crippen molar-refractivity contribution in [2.45, 2.75) is 38.6 Å². The lowest BCUT2D eigenvalue weighted by Crippen LogP contribution is -2.21. The second kappa shape index (κ2) is 4.84. The number of fused-ring (bicyclic) bond motifs is 1. The lowest BCUT2D eigenvalue weighted by molar-refractivity contribution is -0.141. The van der Waals surface area contributed by atoms with Gasteiger partial charge in [-0.05, 0) is 19.8 Å². The fourth-order valence-corrected chi connectivity index (χ4v) is 2.28. The smallest absolute Gasteiger partial charge is 0.435 e. The second-order valence-electron chi connectivity index (χ2n) is 4.21. The summed E-state index contributed by atoms with van der Waals surface area (Å²) in [5.41, 5.74) is -2.14. The van der Waals surface area contributed by atoms with E-state index in [1.165, 1.54) is 0 Å². The van der Waals surface area contributed by atoms with Gasteiger partial charge in [-0.25, -0.2) is 9.78 Å². The van der Waals surface area contributed by atoms with E-state index in [4.69, 9.17) is 9.84 Å². The molecule has 1 aliphatic heterocycles. The van der Waals surface area contributed by atoms with Gasteiger partial charge < -0.3 is 14.4 Å². The number of halogens is 3. The van der Waals surface area contributed by atoms with Crippen molar-refractivity contribution in [1.29, 1.82) is 0 Å². The van der Waals surface area contributed by atoms with Crippen LogP contribution in [-0.2, 0) is 17.5 Å². The summed E-state index contributed by atoms with van der Waals surface area (Å²) in [6.45, 7) is 2.27. The van der Waals surface area contributed by atoms with E-state index >= 15 is 0 Å². The number of aromatic nitrogens is 2. The third-order valence-corrected chi connectivity index (χ3v) is 2.97. The number of hydrogen-bond acceptors (Lipinski definition) is 3. The Morgan fingerprint density at radius 1 is 1.58 bits per heavy atom. The molecule has 0 aliphatic carbocycles. The van der Waals surface area contributed by atoms with E-state index in [1.807, 2.05) is 0 Å². The summed E-state index contributed by atoms with van der Waals surface area (Å²) in [4.78, 5) is 14.5. The molecule has 0 saturated heterocycles. The normalized spacial score (nSPS) is 19.3. The molecule has 0 fully saturated rings. The number of carbonyl (C=O) groups is 1. The number of carboxylic acid groups (broad SMARTS) is 1. The van der Waals surface area contributed by atoms with Gasteiger partial charge in [0.05, 0.1) is 0 Å². The zero-order valence-corrected chi connectivity index (χ0v) is 10.2. The molecule has 0 radical (unpaired) electrons. The number of nitrogens with zero attached hydrogens (tertiary/aromatic N) is 2. The molecule has 0 aromatic carbocycles. The van der Waals surface area contributed by atoms with E-state index < -0.39 is 29.6 Å². The van der Waals surface area contributed by atoms with Crippen molar-refractivity contribution in [2.75, 3.05) is 6.61 Å². The summed E-state index contributed by atoms with van der Waals surface area (Å²) in [6, 6.07) is 0. The summed E-state index contributed by atoms with van der Waals surface area (Å²) in [7, 11) is 0. The van der Waals surface area contributed by atoms with Crippen LogP contribution in [0, 0.1) is 0 Å².